The molecule has 0 amide bonds. The van der Waals surface area contributed by atoms with Gasteiger partial charge in [-0.05, 0) is 55.2 Å². The van der Waals surface area contributed by atoms with Gasteiger partial charge in [-0.3, -0.25) is 10.1 Å². The largest absolute Gasteiger partial charge is 0.480 e. The molecule has 2 rings (SSSR count). The quantitative estimate of drug-likeness (QED) is 0.866. The first-order valence-electron chi connectivity index (χ1n) is 7.59. The van der Waals surface area contributed by atoms with Crippen LogP contribution in [0.5, 0.6) is 0 Å². The Morgan fingerprint density at radius 3 is 2.40 bits per heavy atom. The third kappa shape index (κ3) is 3.40. The van der Waals surface area contributed by atoms with Crippen LogP contribution in [0.1, 0.15) is 56.3 Å². The molecule has 0 heterocycles. The fourth-order valence-corrected chi connectivity index (χ4v) is 2.94. The Morgan fingerprint density at radius 2 is 1.80 bits per heavy atom. The molecule has 1 aliphatic carbocycles. The highest BCUT2D eigenvalue weighted by Gasteiger charge is 2.23. The third-order valence-corrected chi connectivity index (χ3v) is 4.23. The summed E-state index contributed by atoms with van der Waals surface area (Å²) < 4.78 is 0. The van der Waals surface area contributed by atoms with Crippen molar-refractivity contribution in [1.82, 2.24) is 5.32 Å². The number of aryl methyl sites for hydroxylation is 2. The lowest BCUT2D eigenvalue weighted by atomic mass is 9.89. The first-order chi connectivity index (χ1) is 9.49. The lowest BCUT2D eigenvalue weighted by molar-refractivity contribution is -0.140. The van der Waals surface area contributed by atoms with Crippen molar-refractivity contribution in [3.63, 3.8) is 0 Å². The second-order valence-electron chi connectivity index (χ2n) is 6.18. The van der Waals surface area contributed by atoms with Gasteiger partial charge in [-0.15, -0.1) is 0 Å². The van der Waals surface area contributed by atoms with Crippen molar-refractivity contribution < 1.29 is 9.90 Å². The molecule has 3 nitrogen and oxygen atoms in total. The van der Waals surface area contributed by atoms with Gasteiger partial charge in [0, 0.05) is 6.04 Å². The van der Waals surface area contributed by atoms with E-state index in [1.165, 1.54) is 36.0 Å². The minimum Gasteiger partial charge on any atom is -0.480 e. The monoisotopic (exact) mass is 275 g/mol. The lowest BCUT2D eigenvalue weighted by Crippen LogP contribution is -2.42. The topological polar surface area (TPSA) is 49.3 Å². The van der Waals surface area contributed by atoms with Crippen LogP contribution in [0.3, 0.4) is 0 Å². The van der Waals surface area contributed by atoms with Gasteiger partial charge in [0.1, 0.15) is 6.04 Å². The molecule has 0 aromatic heterocycles. The van der Waals surface area contributed by atoms with Crippen LogP contribution in [0.15, 0.2) is 18.2 Å². The number of carbonyl (C=O) groups is 1. The van der Waals surface area contributed by atoms with Gasteiger partial charge in [0.2, 0.25) is 0 Å². The molecule has 0 bridgehead atoms. The van der Waals surface area contributed by atoms with Gasteiger partial charge >= 0.3 is 5.97 Å². The fraction of sp³-hybridized carbons (Fsp3) is 0.588. The summed E-state index contributed by atoms with van der Waals surface area (Å²) in [7, 11) is 0. The second-order valence-corrected chi connectivity index (χ2v) is 6.18. The zero-order valence-electron chi connectivity index (χ0n) is 12.6. The van der Waals surface area contributed by atoms with Crippen LogP contribution in [-0.2, 0) is 17.6 Å². The average Bonchev–Trinajstić information content (AvgIpc) is 2.43. The summed E-state index contributed by atoms with van der Waals surface area (Å²) in [4.78, 5) is 11.3. The molecule has 0 saturated heterocycles. The molecule has 2 unspecified atom stereocenters. The summed E-state index contributed by atoms with van der Waals surface area (Å²) in [5.74, 6) is -0.697. The van der Waals surface area contributed by atoms with E-state index < -0.39 is 12.0 Å². The molecule has 1 aliphatic rings. The van der Waals surface area contributed by atoms with E-state index in [0.29, 0.717) is 0 Å². The zero-order chi connectivity index (χ0) is 14.7. The highest BCUT2D eigenvalue weighted by molar-refractivity contribution is 5.73. The van der Waals surface area contributed by atoms with E-state index in [9.17, 15) is 9.90 Å². The van der Waals surface area contributed by atoms with Crippen LogP contribution in [0.2, 0.25) is 0 Å². The maximum absolute atomic E-state index is 11.3. The second kappa shape index (κ2) is 6.40. The standard InChI is InChI=1S/C17H25NO2/c1-11(2)16(17(19)20)18-12(3)14-9-8-13-6-4-5-7-15(13)10-14/h8-12,16,18H,4-7H2,1-3H3,(H,19,20). The highest BCUT2D eigenvalue weighted by Crippen LogP contribution is 2.25. The molecule has 0 aliphatic heterocycles. The Balaban J connectivity index is 2.12. The van der Waals surface area contributed by atoms with Gasteiger partial charge in [0.05, 0.1) is 0 Å². The van der Waals surface area contributed by atoms with Gasteiger partial charge < -0.3 is 5.11 Å². The molecular formula is C17H25NO2. The van der Waals surface area contributed by atoms with E-state index in [1.54, 1.807) is 0 Å². The SMILES string of the molecule is CC(NC(C(=O)O)C(C)C)c1ccc2c(c1)CCCC2. The van der Waals surface area contributed by atoms with Crippen molar-refractivity contribution >= 4 is 5.97 Å². The van der Waals surface area contributed by atoms with Crippen molar-refractivity contribution in [3.8, 4) is 0 Å². The molecule has 0 saturated carbocycles. The normalized spacial score (nSPS) is 17.6. The van der Waals surface area contributed by atoms with Crippen molar-refractivity contribution in [2.24, 2.45) is 5.92 Å². The predicted octanol–water partition coefficient (Wildman–Crippen LogP) is 3.33. The number of hydrogen-bond donors (Lipinski definition) is 2. The summed E-state index contributed by atoms with van der Waals surface area (Å²) in [6.07, 6.45) is 4.89. The molecule has 0 radical (unpaired) electrons. The first kappa shape index (κ1) is 15.0. The molecule has 1 aromatic rings. The van der Waals surface area contributed by atoms with E-state index in [1.807, 2.05) is 20.8 Å². The average molecular weight is 275 g/mol. The zero-order valence-corrected chi connectivity index (χ0v) is 12.6. The number of rotatable bonds is 5. The number of aliphatic carboxylic acids is 1. The van der Waals surface area contributed by atoms with E-state index in [0.717, 1.165) is 6.42 Å². The summed E-state index contributed by atoms with van der Waals surface area (Å²) in [5, 5.41) is 12.5. The lowest BCUT2D eigenvalue weighted by Gasteiger charge is -2.24. The van der Waals surface area contributed by atoms with E-state index in [2.05, 4.69) is 23.5 Å². The van der Waals surface area contributed by atoms with Crippen molar-refractivity contribution in [2.75, 3.05) is 0 Å². The first-order valence-corrected chi connectivity index (χ1v) is 7.59. The molecule has 3 heteroatoms. The van der Waals surface area contributed by atoms with Crippen LogP contribution >= 0.6 is 0 Å². The predicted molar refractivity (Wildman–Crippen MR) is 80.9 cm³/mol. The summed E-state index contributed by atoms with van der Waals surface area (Å²) in [6, 6.07) is 6.17. The van der Waals surface area contributed by atoms with E-state index >= 15 is 0 Å². The number of nitrogens with one attached hydrogen (secondary N) is 1. The molecule has 0 fully saturated rings. The summed E-state index contributed by atoms with van der Waals surface area (Å²) in [6.45, 7) is 5.92. The van der Waals surface area contributed by atoms with E-state index in [-0.39, 0.29) is 12.0 Å². The van der Waals surface area contributed by atoms with Gasteiger partial charge in [0.15, 0.2) is 0 Å². The molecule has 2 N–H and O–H groups in total. The summed E-state index contributed by atoms with van der Waals surface area (Å²) >= 11 is 0. The Labute approximate surface area is 121 Å². The van der Waals surface area contributed by atoms with Gasteiger partial charge in [-0.1, -0.05) is 32.0 Å². The van der Waals surface area contributed by atoms with Crippen LogP contribution in [-0.4, -0.2) is 17.1 Å². The minimum atomic E-state index is -0.773. The summed E-state index contributed by atoms with van der Waals surface area (Å²) in [5.41, 5.74) is 4.10. The number of hydrogen-bond acceptors (Lipinski definition) is 2. The fourth-order valence-electron chi connectivity index (χ4n) is 2.94. The molecule has 0 spiro atoms. The number of carboxylic acids is 1. The number of fused-ring (bicyclic) bond motifs is 1. The van der Waals surface area contributed by atoms with Gasteiger partial charge in [-0.25, -0.2) is 0 Å². The van der Waals surface area contributed by atoms with Crippen LogP contribution in [0, 0.1) is 5.92 Å². The maximum Gasteiger partial charge on any atom is 0.320 e. The smallest absolute Gasteiger partial charge is 0.320 e. The van der Waals surface area contributed by atoms with Crippen LogP contribution in [0.25, 0.3) is 0 Å². The van der Waals surface area contributed by atoms with Crippen LogP contribution in [0.4, 0.5) is 0 Å². The Morgan fingerprint density at radius 1 is 1.15 bits per heavy atom. The van der Waals surface area contributed by atoms with Crippen molar-refractivity contribution in [3.05, 3.63) is 34.9 Å². The Bertz CT molecular complexity index is 482. The van der Waals surface area contributed by atoms with Crippen molar-refractivity contribution in [2.45, 2.75) is 58.5 Å². The minimum absolute atomic E-state index is 0.0609. The van der Waals surface area contributed by atoms with Gasteiger partial charge in [0.25, 0.3) is 0 Å². The maximum atomic E-state index is 11.3. The molecule has 2 atom stereocenters. The Hall–Kier alpha value is -1.35. The van der Waals surface area contributed by atoms with E-state index in [4.69, 9.17) is 0 Å². The third-order valence-electron chi connectivity index (χ3n) is 4.23. The van der Waals surface area contributed by atoms with Gasteiger partial charge in [-0.2, -0.15) is 0 Å². The molecule has 20 heavy (non-hydrogen) atoms. The van der Waals surface area contributed by atoms with Crippen molar-refractivity contribution in [1.29, 1.82) is 0 Å². The molecule has 110 valence electrons. The number of carboxylic acid groups (broad SMARTS) is 1. The number of benzene rings is 1. The molecular weight excluding hydrogens is 250 g/mol. The highest BCUT2D eigenvalue weighted by atomic mass is 16.4. The molecule has 1 aromatic carbocycles. The van der Waals surface area contributed by atoms with Crippen LogP contribution < -0.4 is 5.32 Å². The Kier molecular flexibility index (Phi) is 4.81.